The van der Waals surface area contributed by atoms with E-state index < -0.39 is 6.10 Å². The van der Waals surface area contributed by atoms with Gasteiger partial charge >= 0.3 is 0 Å². The van der Waals surface area contributed by atoms with E-state index in [0.717, 1.165) is 11.1 Å². The van der Waals surface area contributed by atoms with Crippen LogP contribution in [0.3, 0.4) is 0 Å². The van der Waals surface area contributed by atoms with Crippen LogP contribution in [0.15, 0.2) is 60.7 Å². The van der Waals surface area contributed by atoms with Crippen LogP contribution in [0.25, 0.3) is 0 Å². The minimum atomic E-state index is -0.629. The summed E-state index contributed by atoms with van der Waals surface area (Å²) in [6.07, 6.45) is 0.124. The molecule has 0 aromatic heterocycles. The van der Waals surface area contributed by atoms with Gasteiger partial charge in [0.05, 0.1) is 20.6 Å². The van der Waals surface area contributed by atoms with E-state index in [4.69, 9.17) is 14.2 Å². The van der Waals surface area contributed by atoms with Crippen molar-refractivity contribution in [1.29, 1.82) is 0 Å². The number of nitrogens with zero attached hydrogens (tertiary/aromatic N) is 1. The topological polar surface area (TPSA) is 77.1 Å². The highest BCUT2D eigenvalue weighted by Gasteiger charge is 2.28. The monoisotopic (exact) mass is 492 g/mol. The molecule has 0 radical (unpaired) electrons. The third-order valence-corrected chi connectivity index (χ3v) is 6.06. The first-order valence-electron chi connectivity index (χ1n) is 11.7. The van der Waals surface area contributed by atoms with Gasteiger partial charge in [0.1, 0.15) is 11.6 Å². The van der Waals surface area contributed by atoms with Gasteiger partial charge in [-0.1, -0.05) is 18.2 Å². The molecule has 1 N–H and O–H groups in total. The zero-order valence-corrected chi connectivity index (χ0v) is 20.5. The molecule has 4 rings (SSSR count). The third kappa shape index (κ3) is 5.94. The molecule has 1 heterocycles. The second-order valence-corrected chi connectivity index (χ2v) is 8.63. The molecule has 1 aliphatic heterocycles. The fraction of sp³-hybridized carbons (Fsp3) is 0.286. The van der Waals surface area contributed by atoms with Gasteiger partial charge in [0.25, 0.3) is 5.91 Å². The molecule has 1 unspecified atom stereocenters. The summed E-state index contributed by atoms with van der Waals surface area (Å²) >= 11 is 0. The maximum absolute atomic E-state index is 13.1. The molecule has 0 aliphatic carbocycles. The highest BCUT2D eigenvalue weighted by molar-refractivity contribution is 5.92. The summed E-state index contributed by atoms with van der Waals surface area (Å²) in [5, 5.41) is 2.88. The van der Waals surface area contributed by atoms with E-state index in [1.54, 1.807) is 50.3 Å². The molecule has 36 heavy (non-hydrogen) atoms. The SMILES string of the molecule is COc1ccc(CCN2Cc3cc(NC(=O)Cc4ccc(F)cc4)ccc3OC(C)C2=O)cc1OC. The summed E-state index contributed by atoms with van der Waals surface area (Å²) in [5.41, 5.74) is 3.14. The fourth-order valence-electron chi connectivity index (χ4n) is 4.16. The number of halogens is 1. The van der Waals surface area contributed by atoms with Crippen LogP contribution < -0.4 is 19.5 Å². The molecule has 3 aromatic carbocycles. The number of nitrogens with one attached hydrogen (secondary N) is 1. The number of amides is 2. The lowest BCUT2D eigenvalue weighted by atomic mass is 10.1. The molecule has 0 saturated carbocycles. The molecule has 188 valence electrons. The minimum Gasteiger partial charge on any atom is -0.493 e. The number of methoxy groups -OCH3 is 2. The predicted molar refractivity (Wildman–Crippen MR) is 134 cm³/mol. The van der Waals surface area contributed by atoms with Crippen molar-refractivity contribution in [3.8, 4) is 17.2 Å². The van der Waals surface area contributed by atoms with Crippen molar-refractivity contribution in [1.82, 2.24) is 4.90 Å². The van der Waals surface area contributed by atoms with Crippen LogP contribution in [-0.4, -0.2) is 43.6 Å². The Bertz CT molecular complexity index is 1250. The number of hydrogen-bond acceptors (Lipinski definition) is 5. The lowest BCUT2D eigenvalue weighted by molar-refractivity contribution is -0.137. The summed E-state index contributed by atoms with van der Waals surface area (Å²) < 4.78 is 29.7. The normalized spacial score (nSPS) is 14.9. The summed E-state index contributed by atoms with van der Waals surface area (Å²) in [6.45, 7) is 2.58. The number of benzene rings is 3. The van der Waals surface area contributed by atoms with Gasteiger partial charge in [0.2, 0.25) is 5.91 Å². The van der Waals surface area contributed by atoms with Gasteiger partial charge in [-0.15, -0.1) is 0 Å². The maximum atomic E-state index is 13.1. The number of carbonyl (C=O) groups excluding carboxylic acids is 2. The zero-order chi connectivity index (χ0) is 25.7. The Morgan fingerprint density at radius 2 is 1.75 bits per heavy atom. The Labute approximate surface area is 209 Å². The maximum Gasteiger partial charge on any atom is 0.263 e. The van der Waals surface area contributed by atoms with Crippen molar-refractivity contribution < 1.29 is 28.2 Å². The van der Waals surface area contributed by atoms with Crippen LogP contribution in [0.4, 0.5) is 10.1 Å². The molecular formula is C28H29FN2O5. The zero-order valence-electron chi connectivity index (χ0n) is 20.5. The number of anilines is 1. The Kier molecular flexibility index (Phi) is 7.73. The van der Waals surface area contributed by atoms with E-state index in [1.807, 2.05) is 24.3 Å². The van der Waals surface area contributed by atoms with Crippen molar-refractivity contribution in [2.45, 2.75) is 32.4 Å². The number of rotatable bonds is 8. The molecule has 0 fully saturated rings. The number of ether oxygens (including phenoxy) is 3. The Morgan fingerprint density at radius 3 is 2.47 bits per heavy atom. The summed E-state index contributed by atoms with van der Waals surface area (Å²) in [7, 11) is 3.18. The van der Waals surface area contributed by atoms with Gasteiger partial charge in [0.15, 0.2) is 17.6 Å². The molecule has 3 aromatic rings. The van der Waals surface area contributed by atoms with E-state index in [0.29, 0.717) is 48.0 Å². The van der Waals surface area contributed by atoms with Gasteiger partial charge in [-0.2, -0.15) is 0 Å². The largest absolute Gasteiger partial charge is 0.493 e. The molecule has 8 heteroatoms. The quantitative estimate of drug-likeness (QED) is 0.505. The number of hydrogen-bond donors (Lipinski definition) is 1. The second kappa shape index (κ2) is 11.1. The first kappa shape index (κ1) is 25.0. The van der Waals surface area contributed by atoms with Crippen LogP contribution in [0, 0.1) is 5.82 Å². The van der Waals surface area contributed by atoms with Crippen LogP contribution >= 0.6 is 0 Å². The van der Waals surface area contributed by atoms with Gasteiger partial charge in [-0.05, 0) is 66.9 Å². The van der Waals surface area contributed by atoms with E-state index in [2.05, 4.69) is 5.32 Å². The highest BCUT2D eigenvalue weighted by Crippen LogP contribution is 2.30. The summed E-state index contributed by atoms with van der Waals surface area (Å²) in [5.74, 6) is 1.24. The second-order valence-electron chi connectivity index (χ2n) is 8.63. The van der Waals surface area contributed by atoms with Crippen LogP contribution in [0.1, 0.15) is 23.6 Å². The van der Waals surface area contributed by atoms with Crippen molar-refractivity contribution >= 4 is 17.5 Å². The van der Waals surface area contributed by atoms with Crippen LogP contribution in [0.5, 0.6) is 17.2 Å². The molecule has 0 saturated heterocycles. The Balaban J connectivity index is 1.46. The predicted octanol–water partition coefficient (Wildman–Crippen LogP) is 4.38. The molecule has 0 bridgehead atoms. The lowest BCUT2D eigenvalue weighted by Crippen LogP contribution is -2.39. The molecule has 0 spiro atoms. The Hall–Kier alpha value is -4.07. The average molecular weight is 493 g/mol. The van der Waals surface area contributed by atoms with Crippen molar-refractivity contribution in [3.05, 3.63) is 83.2 Å². The van der Waals surface area contributed by atoms with Gasteiger partial charge in [-0.25, -0.2) is 4.39 Å². The first-order valence-corrected chi connectivity index (χ1v) is 11.7. The number of carbonyl (C=O) groups is 2. The Morgan fingerprint density at radius 1 is 1.03 bits per heavy atom. The lowest BCUT2D eigenvalue weighted by Gasteiger charge is -2.22. The number of fused-ring (bicyclic) bond motifs is 1. The summed E-state index contributed by atoms with van der Waals surface area (Å²) in [4.78, 5) is 27.3. The van der Waals surface area contributed by atoms with E-state index in [1.165, 1.54) is 12.1 Å². The van der Waals surface area contributed by atoms with E-state index in [9.17, 15) is 14.0 Å². The molecule has 2 amide bonds. The molecular weight excluding hydrogens is 463 g/mol. The highest BCUT2D eigenvalue weighted by atomic mass is 19.1. The fourth-order valence-corrected chi connectivity index (χ4v) is 4.16. The van der Waals surface area contributed by atoms with Gasteiger partial charge in [-0.3, -0.25) is 9.59 Å². The molecule has 7 nitrogen and oxygen atoms in total. The van der Waals surface area contributed by atoms with Crippen molar-refractivity contribution in [2.24, 2.45) is 0 Å². The average Bonchev–Trinajstić information content (AvgIpc) is 2.99. The summed E-state index contributed by atoms with van der Waals surface area (Å²) in [6, 6.07) is 16.9. The van der Waals surface area contributed by atoms with Crippen LogP contribution in [0.2, 0.25) is 0 Å². The van der Waals surface area contributed by atoms with Crippen LogP contribution in [-0.2, 0) is 29.0 Å². The first-order chi connectivity index (χ1) is 17.4. The van der Waals surface area contributed by atoms with Gasteiger partial charge < -0.3 is 24.4 Å². The van der Waals surface area contributed by atoms with Gasteiger partial charge in [0, 0.05) is 24.3 Å². The standard InChI is InChI=1S/C28H29FN2O5/c1-18-28(33)31(13-12-20-6-10-25(34-2)26(14-20)35-3)17-21-16-23(9-11-24(21)36-18)30-27(32)15-19-4-7-22(29)8-5-19/h4-11,14,16,18H,12-13,15,17H2,1-3H3,(H,30,32). The van der Waals surface area contributed by atoms with Crippen molar-refractivity contribution in [2.75, 3.05) is 26.1 Å². The van der Waals surface area contributed by atoms with E-state index >= 15 is 0 Å². The smallest absolute Gasteiger partial charge is 0.263 e. The van der Waals surface area contributed by atoms with Crippen molar-refractivity contribution in [3.63, 3.8) is 0 Å². The third-order valence-electron chi connectivity index (χ3n) is 6.06. The molecule has 1 atom stereocenters. The van der Waals surface area contributed by atoms with E-state index in [-0.39, 0.29) is 24.1 Å². The minimum absolute atomic E-state index is 0.103. The molecule has 1 aliphatic rings.